The minimum absolute atomic E-state index is 0.173. The van der Waals surface area contributed by atoms with Gasteiger partial charge in [0.25, 0.3) is 0 Å². The van der Waals surface area contributed by atoms with Gasteiger partial charge in [-0.25, -0.2) is 0 Å². The van der Waals surface area contributed by atoms with E-state index >= 15 is 0 Å². The summed E-state index contributed by atoms with van der Waals surface area (Å²) in [7, 11) is 1.93. The molecule has 2 atom stereocenters. The van der Waals surface area contributed by atoms with Gasteiger partial charge in [-0.2, -0.15) is 0 Å². The first-order chi connectivity index (χ1) is 8.63. The highest BCUT2D eigenvalue weighted by molar-refractivity contribution is 6.31. The van der Waals surface area contributed by atoms with E-state index in [-0.39, 0.29) is 6.10 Å². The standard InChI is InChI=1S/C14H21ClN2O/c1-10-9-17(7-6-14(10)18)13-5-3-4-12(15)11(13)8-16-2/h3-5,10,14,16,18H,6-9H2,1-2H3. The molecule has 0 spiro atoms. The zero-order valence-electron chi connectivity index (χ0n) is 11.0. The van der Waals surface area contributed by atoms with Crippen LogP contribution in [0.3, 0.4) is 0 Å². The Kier molecular flexibility index (Phi) is 4.49. The average molecular weight is 269 g/mol. The number of aliphatic hydroxyl groups excluding tert-OH is 1. The van der Waals surface area contributed by atoms with Gasteiger partial charge >= 0.3 is 0 Å². The molecule has 0 aliphatic carbocycles. The average Bonchev–Trinajstić information content (AvgIpc) is 2.35. The highest BCUT2D eigenvalue weighted by atomic mass is 35.5. The number of rotatable bonds is 3. The van der Waals surface area contributed by atoms with Crippen molar-refractivity contribution in [1.29, 1.82) is 0 Å². The van der Waals surface area contributed by atoms with Crippen LogP contribution in [-0.2, 0) is 6.54 Å². The number of hydrogen-bond acceptors (Lipinski definition) is 3. The number of piperidine rings is 1. The molecule has 18 heavy (non-hydrogen) atoms. The number of nitrogens with zero attached hydrogens (tertiary/aromatic N) is 1. The Bertz CT molecular complexity index is 411. The number of anilines is 1. The van der Waals surface area contributed by atoms with Crippen molar-refractivity contribution in [2.45, 2.75) is 26.0 Å². The van der Waals surface area contributed by atoms with Crippen LogP contribution >= 0.6 is 11.6 Å². The first-order valence-corrected chi connectivity index (χ1v) is 6.86. The van der Waals surface area contributed by atoms with E-state index in [0.29, 0.717) is 5.92 Å². The van der Waals surface area contributed by atoms with E-state index in [4.69, 9.17) is 11.6 Å². The first-order valence-electron chi connectivity index (χ1n) is 6.48. The van der Waals surface area contributed by atoms with Crippen molar-refractivity contribution in [3.63, 3.8) is 0 Å². The molecule has 3 nitrogen and oxygen atoms in total. The quantitative estimate of drug-likeness (QED) is 0.883. The van der Waals surface area contributed by atoms with Crippen molar-refractivity contribution in [2.75, 3.05) is 25.0 Å². The Morgan fingerprint density at radius 1 is 1.50 bits per heavy atom. The van der Waals surface area contributed by atoms with Crippen molar-refractivity contribution < 1.29 is 5.11 Å². The predicted octanol–water partition coefficient (Wildman–Crippen LogP) is 2.27. The van der Waals surface area contributed by atoms with Crippen molar-refractivity contribution in [2.24, 2.45) is 5.92 Å². The van der Waals surface area contributed by atoms with E-state index in [1.54, 1.807) is 0 Å². The summed E-state index contributed by atoms with van der Waals surface area (Å²) in [6.45, 7) is 4.64. The molecular weight excluding hydrogens is 248 g/mol. The molecule has 1 aromatic carbocycles. The van der Waals surface area contributed by atoms with E-state index in [1.165, 1.54) is 5.69 Å². The van der Waals surface area contributed by atoms with E-state index in [0.717, 1.165) is 36.6 Å². The lowest BCUT2D eigenvalue weighted by molar-refractivity contribution is 0.0970. The van der Waals surface area contributed by atoms with Gasteiger partial charge in [0.2, 0.25) is 0 Å². The summed E-state index contributed by atoms with van der Waals surface area (Å²) >= 11 is 6.28. The van der Waals surface area contributed by atoms with E-state index in [9.17, 15) is 5.11 Å². The summed E-state index contributed by atoms with van der Waals surface area (Å²) in [5, 5.41) is 13.8. The van der Waals surface area contributed by atoms with Crippen LogP contribution in [0.25, 0.3) is 0 Å². The molecule has 2 unspecified atom stereocenters. The molecule has 1 saturated heterocycles. The van der Waals surface area contributed by atoms with Gasteiger partial charge in [0.15, 0.2) is 0 Å². The molecule has 1 aliphatic heterocycles. The minimum atomic E-state index is -0.173. The summed E-state index contributed by atoms with van der Waals surface area (Å²) in [4.78, 5) is 2.33. The van der Waals surface area contributed by atoms with Crippen molar-refractivity contribution >= 4 is 17.3 Å². The number of benzene rings is 1. The lowest BCUT2D eigenvalue weighted by Gasteiger charge is -2.37. The van der Waals surface area contributed by atoms with Gasteiger partial charge in [-0.3, -0.25) is 0 Å². The van der Waals surface area contributed by atoms with Gasteiger partial charge in [-0.1, -0.05) is 24.6 Å². The molecule has 0 aromatic heterocycles. The highest BCUT2D eigenvalue weighted by Crippen LogP contribution is 2.30. The van der Waals surface area contributed by atoms with E-state index in [1.807, 2.05) is 19.2 Å². The van der Waals surface area contributed by atoms with Crippen LogP contribution in [0.5, 0.6) is 0 Å². The van der Waals surface area contributed by atoms with Crippen LogP contribution in [0.2, 0.25) is 5.02 Å². The van der Waals surface area contributed by atoms with Crippen LogP contribution in [0.1, 0.15) is 18.9 Å². The highest BCUT2D eigenvalue weighted by Gasteiger charge is 2.25. The molecule has 1 fully saturated rings. The second-order valence-corrected chi connectivity index (χ2v) is 5.45. The Balaban J connectivity index is 2.25. The topological polar surface area (TPSA) is 35.5 Å². The Labute approximate surface area is 114 Å². The van der Waals surface area contributed by atoms with E-state index in [2.05, 4.69) is 23.2 Å². The van der Waals surface area contributed by atoms with Crippen molar-refractivity contribution in [3.8, 4) is 0 Å². The Morgan fingerprint density at radius 2 is 2.28 bits per heavy atom. The molecule has 100 valence electrons. The second-order valence-electron chi connectivity index (χ2n) is 5.05. The Hall–Kier alpha value is -0.770. The predicted molar refractivity (Wildman–Crippen MR) is 76.2 cm³/mol. The number of hydrogen-bond donors (Lipinski definition) is 2. The smallest absolute Gasteiger partial charge is 0.0599 e. The lowest BCUT2D eigenvalue weighted by atomic mass is 9.95. The number of nitrogens with one attached hydrogen (secondary N) is 1. The molecular formula is C14H21ClN2O. The normalized spacial score (nSPS) is 24.3. The van der Waals surface area contributed by atoms with Gasteiger partial charge < -0.3 is 15.3 Å². The molecule has 0 saturated carbocycles. The summed E-state index contributed by atoms with van der Waals surface area (Å²) in [5.74, 6) is 0.306. The second kappa shape index (κ2) is 5.91. The van der Waals surface area contributed by atoms with Crippen LogP contribution in [0.15, 0.2) is 18.2 Å². The SMILES string of the molecule is CNCc1c(Cl)cccc1N1CCC(O)C(C)C1. The maximum atomic E-state index is 9.80. The lowest BCUT2D eigenvalue weighted by Crippen LogP contribution is -2.42. The van der Waals surface area contributed by atoms with Gasteiger partial charge in [0.1, 0.15) is 0 Å². The maximum absolute atomic E-state index is 9.80. The van der Waals surface area contributed by atoms with Gasteiger partial charge in [0.05, 0.1) is 6.10 Å². The van der Waals surface area contributed by atoms with Crippen molar-refractivity contribution in [3.05, 3.63) is 28.8 Å². The zero-order chi connectivity index (χ0) is 13.1. The van der Waals surface area contributed by atoms with Crippen LogP contribution in [0.4, 0.5) is 5.69 Å². The van der Waals surface area contributed by atoms with Gasteiger partial charge in [-0.05, 0) is 31.5 Å². The fourth-order valence-electron chi connectivity index (χ4n) is 2.55. The van der Waals surface area contributed by atoms with Crippen LogP contribution in [0, 0.1) is 5.92 Å². The number of halogens is 1. The minimum Gasteiger partial charge on any atom is -0.393 e. The number of aliphatic hydroxyl groups is 1. The van der Waals surface area contributed by atoms with Gasteiger partial charge in [-0.15, -0.1) is 0 Å². The van der Waals surface area contributed by atoms with Gasteiger partial charge in [0, 0.05) is 35.9 Å². The van der Waals surface area contributed by atoms with Crippen molar-refractivity contribution in [1.82, 2.24) is 5.32 Å². The third-order valence-electron chi connectivity index (χ3n) is 3.65. The summed E-state index contributed by atoms with van der Waals surface area (Å²) in [5.41, 5.74) is 2.33. The van der Waals surface area contributed by atoms with Crippen LogP contribution < -0.4 is 10.2 Å². The first kappa shape index (κ1) is 13.7. The Morgan fingerprint density at radius 3 is 2.94 bits per heavy atom. The third-order valence-corrected chi connectivity index (χ3v) is 4.00. The molecule has 2 N–H and O–H groups in total. The molecule has 0 amide bonds. The molecule has 2 rings (SSSR count). The molecule has 0 bridgehead atoms. The maximum Gasteiger partial charge on any atom is 0.0599 e. The zero-order valence-corrected chi connectivity index (χ0v) is 11.7. The summed E-state index contributed by atoms with van der Waals surface area (Å²) in [6, 6.07) is 6.04. The molecule has 0 radical (unpaired) electrons. The largest absolute Gasteiger partial charge is 0.393 e. The third kappa shape index (κ3) is 2.79. The molecule has 4 heteroatoms. The fourth-order valence-corrected chi connectivity index (χ4v) is 2.78. The summed E-state index contributed by atoms with van der Waals surface area (Å²) in [6.07, 6.45) is 0.653. The fraction of sp³-hybridized carbons (Fsp3) is 0.571. The molecule has 1 heterocycles. The monoisotopic (exact) mass is 268 g/mol. The molecule has 1 aromatic rings. The van der Waals surface area contributed by atoms with Crippen LogP contribution in [-0.4, -0.2) is 31.3 Å². The van der Waals surface area contributed by atoms with E-state index < -0.39 is 0 Å². The molecule has 1 aliphatic rings. The summed E-state index contributed by atoms with van der Waals surface area (Å²) < 4.78 is 0.